The molecule has 3 aromatic rings. The second-order valence-corrected chi connectivity index (χ2v) is 6.67. The molecule has 32 heavy (non-hydrogen) atoms. The van der Waals surface area contributed by atoms with Crippen molar-refractivity contribution >= 4 is 29.3 Å². The average molecular weight is 431 g/mol. The van der Waals surface area contributed by atoms with Crippen molar-refractivity contribution < 1.29 is 19.4 Å². The van der Waals surface area contributed by atoms with E-state index in [1.54, 1.807) is 54.6 Å². The van der Waals surface area contributed by atoms with E-state index in [9.17, 15) is 9.90 Å². The van der Waals surface area contributed by atoms with E-state index in [1.807, 2.05) is 38.1 Å². The normalized spacial score (nSPS) is 11.7. The molecule has 3 rings (SSSR count). The van der Waals surface area contributed by atoms with E-state index in [-0.39, 0.29) is 11.3 Å². The number of aliphatic hydroxyl groups excluding tert-OH is 1. The number of anilines is 1. The van der Waals surface area contributed by atoms with Gasteiger partial charge in [0.25, 0.3) is 5.91 Å². The van der Waals surface area contributed by atoms with Crippen LogP contribution in [-0.4, -0.2) is 30.4 Å². The van der Waals surface area contributed by atoms with Crippen molar-refractivity contribution in [2.45, 2.75) is 13.8 Å². The topological polar surface area (TPSA) is 80.2 Å². The SMILES string of the molecule is CCOc1ccccc1N=CC(C(=O)Nc1ccccc1OCC)=C(O)c1ccccc1. The number of nitrogens with one attached hydrogen (secondary N) is 1. The first-order valence-corrected chi connectivity index (χ1v) is 10.4. The van der Waals surface area contributed by atoms with Gasteiger partial charge >= 0.3 is 0 Å². The molecule has 0 aromatic heterocycles. The number of hydrogen-bond donors (Lipinski definition) is 2. The Labute approximate surface area is 187 Å². The smallest absolute Gasteiger partial charge is 0.261 e. The van der Waals surface area contributed by atoms with E-state index < -0.39 is 5.91 Å². The standard InChI is InChI=1S/C26H26N2O4/c1-3-31-23-16-10-8-14-21(23)27-18-20(25(29)19-12-6-5-7-13-19)26(30)28-22-15-9-11-17-24(22)32-4-2/h5-18,29H,3-4H2,1-2H3,(H,28,30). The van der Waals surface area contributed by atoms with E-state index in [0.29, 0.717) is 41.7 Å². The van der Waals surface area contributed by atoms with Gasteiger partial charge in [0.1, 0.15) is 28.5 Å². The number of rotatable bonds is 9. The zero-order chi connectivity index (χ0) is 22.8. The predicted octanol–water partition coefficient (Wildman–Crippen LogP) is 5.79. The largest absolute Gasteiger partial charge is 0.506 e. The van der Waals surface area contributed by atoms with Gasteiger partial charge in [-0.25, -0.2) is 0 Å². The van der Waals surface area contributed by atoms with Gasteiger partial charge in [-0.05, 0) is 38.1 Å². The molecule has 0 unspecified atom stereocenters. The first-order valence-electron chi connectivity index (χ1n) is 10.4. The Balaban J connectivity index is 2.00. The highest BCUT2D eigenvalue weighted by molar-refractivity contribution is 6.22. The van der Waals surface area contributed by atoms with Crippen LogP contribution in [0.5, 0.6) is 11.5 Å². The number of carbonyl (C=O) groups excluding carboxylic acids is 1. The van der Waals surface area contributed by atoms with Crippen LogP contribution in [0.4, 0.5) is 11.4 Å². The molecule has 0 heterocycles. The van der Waals surface area contributed by atoms with Gasteiger partial charge in [-0.2, -0.15) is 0 Å². The molecule has 0 aliphatic rings. The summed E-state index contributed by atoms with van der Waals surface area (Å²) in [5, 5.41) is 13.7. The van der Waals surface area contributed by atoms with Crippen LogP contribution in [0.25, 0.3) is 5.76 Å². The zero-order valence-corrected chi connectivity index (χ0v) is 18.1. The molecule has 0 atom stereocenters. The van der Waals surface area contributed by atoms with E-state index in [2.05, 4.69) is 10.3 Å². The third-order valence-electron chi connectivity index (χ3n) is 4.48. The molecule has 0 radical (unpaired) electrons. The van der Waals surface area contributed by atoms with E-state index >= 15 is 0 Å². The Morgan fingerprint density at radius 3 is 2.19 bits per heavy atom. The fourth-order valence-corrected chi connectivity index (χ4v) is 3.00. The fourth-order valence-electron chi connectivity index (χ4n) is 3.00. The molecule has 0 aliphatic heterocycles. The van der Waals surface area contributed by atoms with Crippen molar-refractivity contribution in [3.05, 3.63) is 90.0 Å². The van der Waals surface area contributed by atoms with E-state index in [4.69, 9.17) is 9.47 Å². The molecule has 1 amide bonds. The first kappa shape index (κ1) is 22.6. The van der Waals surface area contributed by atoms with Crippen LogP contribution >= 0.6 is 0 Å². The summed E-state index contributed by atoms with van der Waals surface area (Å²) in [7, 11) is 0. The van der Waals surface area contributed by atoms with Crippen molar-refractivity contribution in [3.63, 3.8) is 0 Å². The molecule has 0 fully saturated rings. The van der Waals surface area contributed by atoms with Gasteiger partial charge in [-0.15, -0.1) is 0 Å². The third-order valence-corrected chi connectivity index (χ3v) is 4.48. The molecule has 3 aromatic carbocycles. The van der Waals surface area contributed by atoms with Crippen molar-refractivity contribution in [2.75, 3.05) is 18.5 Å². The number of benzene rings is 3. The van der Waals surface area contributed by atoms with Gasteiger partial charge in [0.15, 0.2) is 0 Å². The van der Waals surface area contributed by atoms with Gasteiger partial charge in [-0.1, -0.05) is 54.6 Å². The molecular formula is C26H26N2O4. The molecule has 0 aliphatic carbocycles. The molecule has 6 nitrogen and oxygen atoms in total. The number of para-hydroxylation sites is 4. The molecule has 0 bridgehead atoms. The van der Waals surface area contributed by atoms with E-state index in [1.165, 1.54) is 6.21 Å². The summed E-state index contributed by atoms with van der Waals surface area (Å²) in [5.41, 5.74) is 1.56. The van der Waals surface area contributed by atoms with Crippen LogP contribution in [0.2, 0.25) is 0 Å². The lowest BCUT2D eigenvalue weighted by molar-refractivity contribution is -0.112. The highest BCUT2D eigenvalue weighted by Gasteiger charge is 2.17. The fraction of sp³-hybridized carbons (Fsp3) is 0.154. The summed E-state index contributed by atoms with van der Waals surface area (Å²) in [6, 6.07) is 23.2. The minimum atomic E-state index is -0.517. The van der Waals surface area contributed by atoms with Crippen LogP contribution in [0.1, 0.15) is 19.4 Å². The quantitative estimate of drug-likeness (QED) is 0.256. The minimum Gasteiger partial charge on any atom is -0.506 e. The van der Waals surface area contributed by atoms with Gasteiger partial charge in [-0.3, -0.25) is 9.79 Å². The van der Waals surface area contributed by atoms with Crippen LogP contribution in [0.3, 0.4) is 0 Å². The van der Waals surface area contributed by atoms with Crippen molar-refractivity contribution in [2.24, 2.45) is 4.99 Å². The highest BCUT2D eigenvalue weighted by Crippen LogP contribution is 2.28. The van der Waals surface area contributed by atoms with Crippen LogP contribution < -0.4 is 14.8 Å². The maximum absolute atomic E-state index is 13.2. The second kappa shape index (κ2) is 11.4. The maximum atomic E-state index is 13.2. The number of ether oxygens (including phenoxy) is 2. The van der Waals surface area contributed by atoms with Crippen molar-refractivity contribution in [1.82, 2.24) is 0 Å². The molecule has 2 N–H and O–H groups in total. The summed E-state index contributed by atoms with van der Waals surface area (Å²) < 4.78 is 11.2. The summed E-state index contributed by atoms with van der Waals surface area (Å²) >= 11 is 0. The number of aliphatic imine (C=N–C) groups is 1. The second-order valence-electron chi connectivity index (χ2n) is 6.67. The Kier molecular flexibility index (Phi) is 8.03. The van der Waals surface area contributed by atoms with Gasteiger partial charge in [0.05, 0.1) is 18.9 Å². The van der Waals surface area contributed by atoms with Crippen molar-refractivity contribution in [1.29, 1.82) is 0 Å². The molecule has 0 spiro atoms. The Morgan fingerprint density at radius 2 is 1.47 bits per heavy atom. The van der Waals surface area contributed by atoms with Crippen LogP contribution in [0.15, 0.2) is 89.4 Å². The summed E-state index contributed by atoms with van der Waals surface area (Å²) in [5.74, 6) is 0.429. The summed E-state index contributed by atoms with van der Waals surface area (Å²) in [6.45, 7) is 4.70. The number of aliphatic hydroxyl groups is 1. The van der Waals surface area contributed by atoms with Crippen LogP contribution in [0, 0.1) is 0 Å². The summed E-state index contributed by atoms with van der Waals surface area (Å²) in [4.78, 5) is 17.6. The Morgan fingerprint density at radius 1 is 0.875 bits per heavy atom. The van der Waals surface area contributed by atoms with Gasteiger partial charge in [0.2, 0.25) is 0 Å². The first-order chi connectivity index (χ1) is 15.6. The van der Waals surface area contributed by atoms with Crippen molar-refractivity contribution in [3.8, 4) is 11.5 Å². The maximum Gasteiger partial charge on any atom is 0.261 e. The van der Waals surface area contributed by atoms with Gasteiger partial charge < -0.3 is 19.9 Å². The zero-order valence-electron chi connectivity index (χ0n) is 18.1. The number of amides is 1. The van der Waals surface area contributed by atoms with Crippen LogP contribution in [-0.2, 0) is 4.79 Å². The molecule has 0 saturated carbocycles. The predicted molar refractivity (Wildman–Crippen MR) is 128 cm³/mol. The summed E-state index contributed by atoms with van der Waals surface area (Å²) in [6.07, 6.45) is 1.35. The lowest BCUT2D eigenvalue weighted by atomic mass is 10.1. The van der Waals surface area contributed by atoms with Gasteiger partial charge in [0, 0.05) is 11.8 Å². The minimum absolute atomic E-state index is 0.00815. The molecule has 6 heteroatoms. The number of hydrogen-bond acceptors (Lipinski definition) is 5. The molecule has 0 saturated heterocycles. The average Bonchev–Trinajstić information content (AvgIpc) is 2.82. The molecular weight excluding hydrogens is 404 g/mol. The Bertz CT molecular complexity index is 1110. The molecule has 164 valence electrons. The number of carbonyl (C=O) groups is 1. The van der Waals surface area contributed by atoms with E-state index in [0.717, 1.165) is 0 Å². The third kappa shape index (κ3) is 5.76. The monoisotopic (exact) mass is 430 g/mol. The highest BCUT2D eigenvalue weighted by atomic mass is 16.5. The Hall–Kier alpha value is -4.06. The lowest BCUT2D eigenvalue weighted by Gasteiger charge is -2.13. The number of nitrogens with zero attached hydrogens (tertiary/aromatic N) is 1. The lowest BCUT2D eigenvalue weighted by Crippen LogP contribution is -2.18.